The third-order valence-corrected chi connectivity index (χ3v) is 4.90. The number of nitrogens with one attached hydrogen (secondary N) is 3. The fourth-order valence-corrected chi connectivity index (χ4v) is 3.51. The number of thioether (sulfide) groups is 1. The summed E-state index contributed by atoms with van der Waals surface area (Å²) in [6, 6.07) is 7.48. The number of likely N-dealkylation sites (tertiary alicyclic amines) is 1. The standard InChI is InChI=1S/C15H21F2N3S2/c1-2-20-9-3-4-12(20)10-18-15(21)19-11-5-7-13(8-6-11)22-14(16)17/h5-8,12,14H,2-4,9-10H2,1H3,(H2,18,19,21)/p+1/t12-/m0/s1. The molecule has 2 rings (SSSR count). The zero-order valence-electron chi connectivity index (χ0n) is 12.6. The van der Waals surface area contributed by atoms with Crippen LogP contribution < -0.4 is 15.5 Å². The molecule has 0 aliphatic carbocycles. The van der Waals surface area contributed by atoms with Crippen LogP contribution in [0.5, 0.6) is 0 Å². The lowest BCUT2D eigenvalue weighted by Gasteiger charge is -2.21. The van der Waals surface area contributed by atoms with Crippen molar-refractivity contribution in [3.8, 4) is 0 Å². The smallest absolute Gasteiger partial charge is 0.288 e. The lowest BCUT2D eigenvalue weighted by Crippen LogP contribution is -3.14. The fourth-order valence-electron chi connectivity index (χ4n) is 2.81. The Balaban J connectivity index is 1.77. The van der Waals surface area contributed by atoms with Gasteiger partial charge in [-0.1, -0.05) is 11.8 Å². The first-order valence-corrected chi connectivity index (χ1v) is 8.81. The minimum Gasteiger partial charge on any atom is -0.356 e. The van der Waals surface area contributed by atoms with E-state index >= 15 is 0 Å². The van der Waals surface area contributed by atoms with Crippen molar-refractivity contribution in [3.63, 3.8) is 0 Å². The second-order valence-corrected chi connectivity index (χ2v) is 6.81. The summed E-state index contributed by atoms with van der Waals surface area (Å²) in [5, 5.41) is 6.93. The van der Waals surface area contributed by atoms with Crippen molar-refractivity contribution in [1.82, 2.24) is 5.32 Å². The van der Waals surface area contributed by atoms with Crippen molar-refractivity contribution in [1.29, 1.82) is 0 Å². The highest BCUT2D eigenvalue weighted by Gasteiger charge is 2.26. The number of hydrogen-bond donors (Lipinski definition) is 3. The Morgan fingerprint density at radius 3 is 2.77 bits per heavy atom. The summed E-state index contributed by atoms with van der Waals surface area (Å²) in [5.41, 5.74) is 0.808. The lowest BCUT2D eigenvalue weighted by molar-refractivity contribution is -0.909. The van der Waals surface area contributed by atoms with Crippen LogP contribution in [-0.2, 0) is 0 Å². The minimum absolute atomic E-state index is 0.543. The number of hydrogen-bond acceptors (Lipinski definition) is 2. The Hall–Kier alpha value is -0.920. The van der Waals surface area contributed by atoms with Crippen LogP contribution in [0.3, 0.4) is 0 Å². The molecule has 1 aromatic carbocycles. The normalized spacial score (nSPS) is 21.1. The van der Waals surface area contributed by atoms with Gasteiger partial charge in [0, 0.05) is 23.4 Å². The van der Waals surface area contributed by atoms with Gasteiger partial charge in [0.1, 0.15) is 6.04 Å². The Bertz CT molecular complexity index is 482. The summed E-state index contributed by atoms with van der Waals surface area (Å²) < 4.78 is 24.5. The van der Waals surface area contributed by atoms with Crippen molar-refractivity contribution in [2.75, 3.05) is 25.0 Å². The first kappa shape index (κ1) is 17.4. The van der Waals surface area contributed by atoms with E-state index in [1.165, 1.54) is 19.4 Å². The average Bonchev–Trinajstić information content (AvgIpc) is 2.94. The molecule has 1 aliphatic heterocycles. The van der Waals surface area contributed by atoms with Gasteiger partial charge in [0.15, 0.2) is 5.11 Å². The van der Waals surface area contributed by atoms with E-state index in [1.54, 1.807) is 29.2 Å². The second kappa shape index (κ2) is 8.64. The van der Waals surface area contributed by atoms with Crippen LogP contribution in [0.1, 0.15) is 19.8 Å². The van der Waals surface area contributed by atoms with Gasteiger partial charge >= 0.3 is 0 Å². The summed E-state index contributed by atoms with van der Waals surface area (Å²) in [6.07, 6.45) is 2.51. The molecular formula is C15H22F2N3S2+. The van der Waals surface area contributed by atoms with Crippen LogP contribution in [0.4, 0.5) is 14.5 Å². The topological polar surface area (TPSA) is 28.5 Å². The van der Waals surface area contributed by atoms with Gasteiger partial charge < -0.3 is 15.5 Å². The SMILES string of the molecule is CC[NH+]1CCC[C@H]1CNC(=S)Nc1ccc(SC(F)F)cc1. The largest absolute Gasteiger partial charge is 0.356 e. The van der Waals surface area contributed by atoms with Gasteiger partial charge in [0.2, 0.25) is 0 Å². The highest BCUT2D eigenvalue weighted by molar-refractivity contribution is 7.99. The molecular weight excluding hydrogens is 324 g/mol. The molecule has 1 saturated heterocycles. The van der Waals surface area contributed by atoms with Gasteiger partial charge in [-0.2, -0.15) is 8.78 Å². The van der Waals surface area contributed by atoms with E-state index < -0.39 is 5.76 Å². The lowest BCUT2D eigenvalue weighted by atomic mass is 10.2. The van der Waals surface area contributed by atoms with E-state index in [0.717, 1.165) is 18.8 Å². The van der Waals surface area contributed by atoms with Crippen LogP contribution in [0.25, 0.3) is 0 Å². The number of thiocarbonyl (C=S) groups is 1. The predicted molar refractivity (Wildman–Crippen MR) is 91.9 cm³/mol. The fraction of sp³-hybridized carbons (Fsp3) is 0.533. The number of likely N-dealkylation sites (N-methyl/N-ethyl adjacent to an activating group) is 1. The quantitative estimate of drug-likeness (QED) is 0.545. The third-order valence-electron chi connectivity index (χ3n) is 3.93. The molecule has 122 valence electrons. The van der Waals surface area contributed by atoms with Gasteiger partial charge in [0.25, 0.3) is 5.76 Å². The maximum absolute atomic E-state index is 12.3. The second-order valence-electron chi connectivity index (χ2n) is 5.34. The first-order chi connectivity index (χ1) is 10.6. The molecule has 2 atom stereocenters. The van der Waals surface area contributed by atoms with Crippen LogP contribution in [0.15, 0.2) is 29.2 Å². The van der Waals surface area contributed by atoms with Gasteiger partial charge in [-0.15, -0.1) is 0 Å². The van der Waals surface area contributed by atoms with Crippen molar-refractivity contribution in [2.45, 2.75) is 36.5 Å². The van der Waals surface area contributed by atoms with Gasteiger partial charge in [0.05, 0.1) is 19.6 Å². The summed E-state index contributed by atoms with van der Waals surface area (Å²) in [5.74, 6) is -2.39. The maximum atomic E-state index is 12.3. The molecule has 7 heteroatoms. The van der Waals surface area contributed by atoms with E-state index in [4.69, 9.17) is 12.2 Å². The zero-order chi connectivity index (χ0) is 15.9. The highest BCUT2D eigenvalue weighted by Crippen LogP contribution is 2.26. The molecule has 3 N–H and O–H groups in total. The molecule has 0 aromatic heterocycles. The van der Waals surface area contributed by atoms with Crippen molar-refractivity contribution in [2.24, 2.45) is 0 Å². The van der Waals surface area contributed by atoms with Gasteiger partial charge in [-0.05, 0) is 43.4 Å². The van der Waals surface area contributed by atoms with Crippen molar-refractivity contribution < 1.29 is 13.7 Å². The molecule has 1 aromatic rings. The molecule has 22 heavy (non-hydrogen) atoms. The van der Waals surface area contributed by atoms with Crippen LogP contribution >= 0.6 is 24.0 Å². The summed E-state index contributed by atoms with van der Waals surface area (Å²) >= 11 is 5.84. The predicted octanol–water partition coefficient (Wildman–Crippen LogP) is 2.35. The number of alkyl halides is 2. The van der Waals surface area contributed by atoms with Crippen LogP contribution in [0, 0.1) is 0 Å². The highest BCUT2D eigenvalue weighted by atomic mass is 32.2. The van der Waals surface area contributed by atoms with Gasteiger partial charge in [-0.3, -0.25) is 0 Å². The molecule has 1 unspecified atom stereocenters. The minimum atomic E-state index is -2.39. The van der Waals surface area contributed by atoms with E-state index in [0.29, 0.717) is 27.8 Å². The molecule has 0 amide bonds. The number of rotatable bonds is 6. The Kier molecular flexibility index (Phi) is 6.85. The molecule has 0 bridgehead atoms. The molecule has 0 radical (unpaired) electrons. The summed E-state index contributed by atoms with van der Waals surface area (Å²) in [7, 11) is 0. The molecule has 1 fully saturated rings. The molecule has 1 heterocycles. The molecule has 3 nitrogen and oxygen atoms in total. The number of quaternary nitrogens is 1. The summed E-state index contributed by atoms with van der Waals surface area (Å²) in [4.78, 5) is 2.18. The van der Waals surface area contributed by atoms with E-state index in [2.05, 4.69) is 17.6 Å². The maximum Gasteiger partial charge on any atom is 0.288 e. The van der Waals surface area contributed by atoms with Crippen LogP contribution in [0.2, 0.25) is 0 Å². The number of benzene rings is 1. The molecule has 1 aliphatic rings. The van der Waals surface area contributed by atoms with Crippen molar-refractivity contribution in [3.05, 3.63) is 24.3 Å². The summed E-state index contributed by atoms with van der Waals surface area (Å²) in [6.45, 7) is 5.47. The molecule has 0 saturated carbocycles. The average molecular weight is 346 g/mol. The number of anilines is 1. The Morgan fingerprint density at radius 1 is 1.41 bits per heavy atom. The monoisotopic (exact) mass is 346 g/mol. The first-order valence-electron chi connectivity index (χ1n) is 7.52. The van der Waals surface area contributed by atoms with Crippen molar-refractivity contribution >= 4 is 34.8 Å². The van der Waals surface area contributed by atoms with Crippen LogP contribution in [-0.4, -0.2) is 36.5 Å². The third kappa shape index (κ3) is 5.37. The van der Waals surface area contributed by atoms with E-state index in [-0.39, 0.29) is 0 Å². The Labute approximate surface area is 139 Å². The van der Waals surface area contributed by atoms with E-state index in [1.807, 2.05) is 0 Å². The zero-order valence-corrected chi connectivity index (χ0v) is 14.2. The van der Waals surface area contributed by atoms with E-state index in [9.17, 15) is 8.78 Å². The van der Waals surface area contributed by atoms with Gasteiger partial charge in [-0.25, -0.2) is 0 Å². The Morgan fingerprint density at radius 2 is 2.14 bits per heavy atom. The molecule has 0 spiro atoms. The number of halogens is 2.